The molecule has 0 aliphatic carbocycles. The number of carbonyl (C=O) groups excluding carboxylic acids is 2. The van der Waals surface area contributed by atoms with E-state index in [-0.39, 0.29) is 35.0 Å². The van der Waals surface area contributed by atoms with Gasteiger partial charge >= 0.3 is 0 Å². The molecule has 7 nitrogen and oxygen atoms in total. The largest absolute Gasteiger partial charge is 0.376 e. The first-order valence-corrected chi connectivity index (χ1v) is 8.10. The first-order chi connectivity index (χ1) is 12.2. The van der Waals surface area contributed by atoms with Crippen molar-refractivity contribution < 1.29 is 14.5 Å². The molecular formula is C19H21N3O4. The van der Waals surface area contributed by atoms with Crippen molar-refractivity contribution in [1.82, 2.24) is 5.32 Å². The van der Waals surface area contributed by atoms with Crippen LogP contribution in [0.2, 0.25) is 0 Å². The number of nitro groups is 1. The highest BCUT2D eigenvalue weighted by molar-refractivity contribution is 6.12. The van der Waals surface area contributed by atoms with Crippen molar-refractivity contribution in [3.8, 4) is 0 Å². The van der Waals surface area contributed by atoms with Gasteiger partial charge in [0.1, 0.15) is 0 Å². The van der Waals surface area contributed by atoms with Crippen LogP contribution >= 0.6 is 0 Å². The summed E-state index contributed by atoms with van der Waals surface area (Å²) >= 11 is 0. The molecule has 7 heteroatoms. The molecule has 0 aliphatic rings. The number of benzene rings is 2. The van der Waals surface area contributed by atoms with Gasteiger partial charge in [-0.2, -0.15) is 0 Å². The fourth-order valence-corrected chi connectivity index (χ4v) is 2.37. The van der Waals surface area contributed by atoms with Crippen LogP contribution in [-0.4, -0.2) is 28.7 Å². The second kappa shape index (κ2) is 7.77. The lowest BCUT2D eigenvalue weighted by Crippen LogP contribution is -2.43. The van der Waals surface area contributed by atoms with Crippen molar-refractivity contribution in [1.29, 1.82) is 0 Å². The lowest BCUT2D eigenvalue weighted by atomic mass is 10.0. The number of non-ortho nitro benzene ring substituents is 1. The quantitative estimate of drug-likeness (QED) is 0.471. The number of hydrogen-bond acceptors (Lipinski definition) is 5. The van der Waals surface area contributed by atoms with Crippen LogP contribution in [0.3, 0.4) is 0 Å². The molecule has 26 heavy (non-hydrogen) atoms. The molecule has 0 spiro atoms. The van der Waals surface area contributed by atoms with Gasteiger partial charge in [0, 0.05) is 28.9 Å². The van der Waals surface area contributed by atoms with Gasteiger partial charge in [0.2, 0.25) is 5.91 Å². The second-order valence-corrected chi connectivity index (χ2v) is 6.83. The normalized spacial score (nSPS) is 10.9. The molecule has 0 saturated heterocycles. The molecule has 1 amide bonds. The standard InChI is InChI=1S/C19H21N3O4/c1-19(2,3)21-17(23)12-20-16-10-9-14(22(25)26)11-15(16)18(24)13-7-5-4-6-8-13/h4-11,20H,12H2,1-3H3,(H,21,23). The third-order valence-electron chi connectivity index (χ3n) is 3.45. The van der Waals surface area contributed by atoms with E-state index < -0.39 is 4.92 Å². The topological polar surface area (TPSA) is 101 Å². The highest BCUT2D eigenvalue weighted by atomic mass is 16.6. The number of hydrogen-bond donors (Lipinski definition) is 2. The van der Waals surface area contributed by atoms with Gasteiger partial charge in [-0.05, 0) is 26.8 Å². The molecule has 0 aromatic heterocycles. The average molecular weight is 355 g/mol. The summed E-state index contributed by atoms with van der Waals surface area (Å²) in [4.78, 5) is 35.2. The number of carbonyl (C=O) groups is 2. The Morgan fingerprint density at radius 3 is 2.31 bits per heavy atom. The number of ketones is 1. The van der Waals surface area contributed by atoms with Crippen molar-refractivity contribution in [3.63, 3.8) is 0 Å². The zero-order valence-corrected chi connectivity index (χ0v) is 14.9. The maximum absolute atomic E-state index is 12.8. The Hall–Kier alpha value is -3.22. The Morgan fingerprint density at radius 1 is 1.08 bits per heavy atom. The molecule has 0 unspecified atom stereocenters. The maximum atomic E-state index is 12.8. The summed E-state index contributed by atoms with van der Waals surface area (Å²) in [6, 6.07) is 12.4. The van der Waals surface area contributed by atoms with Crippen LogP contribution in [0.15, 0.2) is 48.5 Å². The van der Waals surface area contributed by atoms with Crippen molar-refractivity contribution in [3.05, 3.63) is 69.8 Å². The smallest absolute Gasteiger partial charge is 0.270 e. The zero-order chi connectivity index (χ0) is 19.3. The van der Waals surface area contributed by atoms with E-state index in [1.54, 1.807) is 30.3 Å². The van der Waals surface area contributed by atoms with Crippen molar-refractivity contribution >= 4 is 23.1 Å². The van der Waals surface area contributed by atoms with Gasteiger partial charge in [0.05, 0.1) is 17.0 Å². The van der Waals surface area contributed by atoms with Crippen molar-refractivity contribution in [2.75, 3.05) is 11.9 Å². The van der Waals surface area contributed by atoms with Crippen LogP contribution < -0.4 is 10.6 Å². The van der Waals surface area contributed by atoms with Gasteiger partial charge in [-0.1, -0.05) is 30.3 Å². The fourth-order valence-electron chi connectivity index (χ4n) is 2.37. The summed E-state index contributed by atoms with van der Waals surface area (Å²) in [6.45, 7) is 5.54. The molecule has 2 aromatic carbocycles. The van der Waals surface area contributed by atoms with E-state index in [1.807, 2.05) is 20.8 Å². The van der Waals surface area contributed by atoms with Gasteiger partial charge in [0.15, 0.2) is 5.78 Å². The molecule has 2 N–H and O–H groups in total. The van der Waals surface area contributed by atoms with Crippen LogP contribution in [0, 0.1) is 10.1 Å². The molecule has 136 valence electrons. The number of anilines is 1. The van der Waals surface area contributed by atoms with E-state index in [9.17, 15) is 19.7 Å². The molecule has 0 atom stereocenters. The molecule has 0 heterocycles. The summed E-state index contributed by atoms with van der Waals surface area (Å²) in [5.74, 6) is -0.595. The highest BCUT2D eigenvalue weighted by Gasteiger charge is 2.19. The Bertz CT molecular complexity index is 826. The monoisotopic (exact) mass is 355 g/mol. The Labute approximate surface area is 151 Å². The number of nitrogens with one attached hydrogen (secondary N) is 2. The van der Waals surface area contributed by atoms with Crippen LogP contribution in [0.4, 0.5) is 11.4 Å². The molecule has 0 radical (unpaired) electrons. The molecule has 0 fully saturated rings. The average Bonchev–Trinajstić information content (AvgIpc) is 2.58. The van der Waals surface area contributed by atoms with Crippen LogP contribution in [0.1, 0.15) is 36.7 Å². The summed E-state index contributed by atoms with van der Waals surface area (Å²) in [5, 5.41) is 16.8. The first kappa shape index (κ1) is 19.1. The molecule has 0 bridgehead atoms. The van der Waals surface area contributed by atoms with Crippen LogP contribution in [0.25, 0.3) is 0 Å². The van der Waals surface area contributed by atoms with Gasteiger partial charge in [-0.25, -0.2) is 0 Å². The third kappa shape index (κ3) is 5.14. The van der Waals surface area contributed by atoms with Gasteiger partial charge in [-0.3, -0.25) is 19.7 Å². The highest BCUT2D eigenvalue weighted by Crippen LogP contribution is 2.24. The minimum Gasteiger partial charge on any atom is -0.376 e. The van der Waals surface area contributed by atoms with Crippen molar-refractivity contribution in [2.24, 2.45) is 0 Å². The molecule has 2 rings (SSSR count). The summed E-state index contributed by atoms with van der Waals surface area (Å²) < 4.78 is 0. The second-order valence-electron chi connectivity index (χ2n) is 6.83. The van der Waals surface area contributed by atoms with Crippen LogP contribution in [-0.2, 0) is 4.79 Å². The third-order valence-corrected chi connectivity index (χ3v) is 3.45. The molecule has 0 aliphatic heterocycles. The first-order valence-electron chi connectivity index (χ1n) is 8.10. The SMILES string of the molecule is CC(C)(C)NC(=O)CNc1ccc([N+](=O)[O-])cc1C(=O)c1ccccc1. The van der Waals surface area contributed by atoms with E-state index in [0.29, 0.717) is 11.3 Å². The van der Waals surface area contributed by atoms with E-state index in [1.165, 1.54) is 18.2 Å². The van der Waals surface area contributed by atoms with Crippen LogP contribution in [0.5, 0.6) is 0 Å². The lowest BCUT2D eigenvalue weighted by Gasteiger charge is -2.21. The predicted molar refractivity (Wildman–Crippen MR) is 99.4 cm³/mol. The number of nitrogens with zero attached hydrogens (tertiary/aromatic N) is 1. The predicted octanol–water partition coefficient (Wildman–Crippen LogP) is 3.15. The van der Waals surface area contributed by atoms with Gasteiger partial charge in [0.25, 0.3) is 5.69 Å². The molecule has 0 saturated carbocycles. The minimum absolute atomic E-state index is 0.0514. The van der Waals surface area contributed by atoms with Gasteiger partial charge < -0.3 is 10.6 Å². The van der Waals surface area contributed by atoms with Crippen molar-refractivity contribution in [2.45, 2.75) is 26.3 Å². The molecular weight excluding hydrogens is 334 g/mol. The Kier molecular flexibility index (Phi) is 5.71. The maximum Gasteiger partial charge on any atom is 0.270 e. The zero-order valence-electron chi connectivity index (χ0n) is 14.9. The molecule has 2 aromatic rings. The van der Waals surface area contributed by atoms with Gasteiger partial charge in [-0.15, -0.1) is 0 Å². The van der Waals surface area contributed by atoms with E-state index in [0.717, 1.165) is 0 Å². The minimum atomic E-state index is -0.558. The lowest BCUT2D eigenvalue weighted by molar-refractivity contribution is -0.384. The summed E-state index contributed by atoms with van der Waals surface area (Å²) in [7, 11) is 0. The Morgan fingerprint density at radius 2 is 1.73 bits per heavy atom. The van der Waals surface area contributed by atoms with E-state index in [4.69, 9.17) is 0 Å². The number of amides is 1. The summed E-state index contributed by atoms with van der Waals surface area (Å²) in [6.07, 6.45) is 0. The Balaban J connectivity index is 2.29. The van der Waals surface area contributed by atoms with E-state index >= 15 is 0 Å². The number of rotatable bonds is 6. The fraction of sp³-hybridized carbons (Fsp3) is 0.263. The number of nitro benzene ring substituents is 1. The summed E-state index contributed by atoms with van der Waals surface area (Å²) in [5.41, 5.74) is 0.364. The van der Waals surface area contributed by atoms with E-state index in [2.05, 4.69) is 10.6 Å².